The minimum Gasteiger partial charge on any atom is -0.349 e. The highest BCUT2D eigenvalue weighted by Gasteiger charge is 2.15. The highest BCUT2D eigenvalue weighted by molar-refractivity contribution is 7.99. The van der Waals surface area contributed by atoms with Crippen LogP contribution in [0.1, 0.15) is 53.9 Å². The van der Waals surface area contributed by atoms with Crippen LogP contribution in [-0.4, -0.2) is 31.2 Å². The Hall–Kier alpha value is -2.41. The number of hydrogen-bond donors (Lipinski definition) is 1. The summed E-state index contributed by atoms with van der Waals surface area (Å²) in [7, 11) is 0. The average Bonchev–Trinajstić information content (AvgIpc) is 3.09. The van der Waals surface area contributed by atoms with Gasteiger partial charge in [-0.3, -0.25) is 4.79 Å². The number of thioether (sulfide) groups is 1. The standard InChI is InChI=1S/C21H25N5OS/c1-13-10-14(2)26-20(22-13)24-21(25-26)28-12-19(27)23-15(3)17-9-8-16-6-4-5-7-18(16)11-17/h8-11,15H,4-7,12H2,1-3H3,(H,23,27)/t15-/m1/s1. The number of nitrogens with zero attached hydrogens (tertiary/aromatic N) is 4. The lowest BCUT2D eigenvalue weighted by Gasteiger charge is -2.20. The smallest absolute Gasteiger partial charge is 0.253 e. The van der Waals surface area contributed by atoms with E-state index in [0.717, 1.165) is 17.8 Å². The molecule has 3 aromatic rings. The molecule has 1 N–H and O–H groups in total. The van der Waals surface area contributed by atoms with E-state index in [4.69, 9.17) is 0 Å². The molecule has 7 heteroatoms. The van der Waals surface area contributed by atoms with Crippen molar-refractivity contribution >= 4 is 23.4 Å². The summed E-state index contributed by atoms with van der Waals surface area (Å²) in [6, 6.07) is 8.57. The van der Waals surface area contributed by atoms with Gasteiger partial charge < -0.3 is 5.32 Å². The molecule has 1 aliphatic carbocycles. The number of fused-ring (bicyclic) bond motifs is 2. The number of nitrogens with one attached hydrogen (secondary N) is 1. The van der Waals surface area contributed by atoms with Crippen LogP contribution in [0.25, 0.3) is 5.78 Å². The zero-order valence-electron chi connectivity index (χ0n) is 16.5. The maximum atomic E-state index is 12.4. The van der Waals surface area contributed by atoms with Gasteiger partial charge in [-0.1, -0.05) is 30.0 Å². The molecule has 0 bridgehead atoms. The molecule has 0 radical (unpaired) electrons. The van der Waals surface area contributed by atoms with Crippen molar-refractivity contribution in [3.63, 3.8) is 0 Å². The number of rotatable bonds is 5. The van der Waals surface area contributed by atoms with Gasteiger partial charge >= 0.3 is 0 Å². The Bertz CT molecular complexity index is 1030. The van der Waals surface area contributed by atoms with Gasteiger partial charge in [0, 0.05) is 11.4 Å². The SMILES string of the molecule is Cc1cc(C)n2nc(SCC(=O)N[C@H](C)c3ccc4c(c3)CCCC4)nc2n1. The Balaban J connectivity index is 1.37. The predicted molar refractivity (Wildman–Crippen MR) is 111 cm³/mol. The Kier molecular flexibility index (Phi) is 5.35. The van der Waals surface area contributed by atoms with E-state index in [0.29, 0.717) is 10.9 Å². The second-order valence-electron chi connectivity index (χ2n) is 7.46. The minimum absolute atomic E-state index is 0.0130. The van der Waals surface area contributed by atoms with Crippen LogP contribution >= 0.6 is 11.8 Å². The molecule has 146 valence electrons. The molecule has 6 nitrogen and oxygen atoms in total. The zero-order valence-corrected chi connectivity index (χ0v) is 17.3. The van der Waals surface area contributed by atoms with Gasteiger partial charge in [0.15, 0.2) is 0 Å². The second kappa shape index (κ2) is 7.91. The molecular weight excluding hydrogens is 370 g/mol. The van der Waals surface area contributed by atoms with Crippen LogP contribution in [0, 0.1) is 13.8 Å². The molecule has 1 aromatic carbocycles. The van der Waals surface area contributed by atoms with Crippen LogP contribution < -0.4 is 5.32 Å². The van der Waals surface area contributed by atoms with Gasteiger partial charge in [0.05, 0.1) is 11.8 Å². The lowest BCUT2D eigenvalue weighted by atomic mass is 9.89. The fourth-order valence-corrected chi connectivity index (χ4v) is 4.36. The molecule has 4 rings (SSSR count). The molecule has 0 unspecified atom stereocenters. The molecule has 1 atom stereocenters. The number of benzene rings is 1. The van der Waals surface area contributed by atoms with Gasteiger partial charge in [-0.25, -0.2) is 9.50 Å². The first-order valence-electron chi connectivity index (χ1n) is 9.74. The van der Waals surface area contributed by atoms with Gasteiger partial charge in [0.1, 0.15) is 0 Å². The molecule has 2 heterocycles. The Morgan fingerprint density at radius 1 is 1.18 bits per heavy atom. The summed E-state index contributed by atoms with van der Waals surface area (Å²) in [6.45, 7) is 5.94. The number of amides is 1. The fraction of sp³-hybridized carbons (Fsp3) is 0.429. The maximum Gasteiger partial charge on any atom is 0.253 e. The summed E-state index contributed by atoms with van der Waals surface area (Å²) >= 11 is 1.33. The first-order valence-corrected chi connectivity index (χ1v) is 10.7. The van der Waals surface area contributed by atoms with Gasteiger partial charge in [0.25, 0.3) is 5.78 Å². The molecular formula is C21H25N5OS. The van der Waals surface area contributed by atoms with E-state index in [9.17, 15) is 4.79 Å². The van der Waals surface area contributed by atoms with Crippen LogP contribution in [0.5, 0.6) is 0 Å². The van der Waals surface area contributed by atoms with Crippen LogP contribution in [-0.2, 0) is 17.6 Å². The average molecular weight is 396 g/mol. The Labute approximate surface area is 169 Å². The van der Waals surface area contributed by atoms with E-state index in [1.807, 2.05) is 26.8 Å². The molecule has 0 saturated heterocycles. The summed E-state index contributed by atoms with van der Waals surface area (Å²) < 4.78 is 1.71. The number of aryl methyl sites for hydroxylation is 4. The van der Waals surface area contributed by atoms with Gasteiger partial charge in [-0.15, -0.1) is 5.10 Å². The molecule has 1 aliphatic rings. The third kappa shape index (κ3) is 4.04. The van der Waals surface area contributed by atoms with Crippen LogP contribution in [0.15, 0.2) is 29.4 Å². The van der Waals surface area contributed by atoms with Crippen molar-refractivity contribution in [3.05, 3.63) is 52.3 Å². The number of aromatic nitrogens is 4. The van der Waals surface area contributed by atoms with Gasteiger partial charge in [-0.05, 0) is 69.2 Å². The largest absolute Gasteiger partial charge is 0.349 e. The third-order valence-corrected chi connectivity index (χ3v) is 6.02. The monoisotopic (exact) mass is 395 g/mol. The number of carbonyl (C=O) groups excluding carboxylic acids is 1. The van der Waals surface area contributed by atoms with Crippen molar-refractivity contribution in [3.8, 4) is 0 Å². The van der Waals surface area contributed by atoms with Crippen molar-refractivity contribution < 1.29 is 4.79 Å². The first kappa shape index (κ1) is 18.9. The van der Waals surface area contributed by atoms with Crippen molar-refractivity contribution in [2.45, 2.75) is 57.7 Å². The molecule has 28 heavy (non-hydrogen) atoms. The third-order valence-electron chi connectivity index (χ3n) is 5.18. The molecule has 2 aromatic heterocycles. The molecule has 0 aliphatic heterocycles. The molecule has 1 amide bonds. The van der Waals surface area contributed by atoms with Crippen molar-refractivity contribution in [1.29, 1.82) is 0 Å². The summed E-state index contributed by atoms with van der Waals surface area (Å²) in [4.78, 5) is 21.2. The first-order chi connectivity index (χ1) is 13.5. The van der Waals surface area contributed by atoms with Crippen molar-refractivity contribution in [1.82, 2.24) is 24.9 Å². The highest BCUT2D eigenvalue weighted by Crippen LogP contribution is 2.25. The normalized spacial score (nSPS) is 14.7. The quantitative estimate of drug-likeness (QED) is 0.669. The Morgan fingerprint density at radius 2 is 1.96 bits per heavy atom. The second-order valence-corrected chi connectivity index (χ2v) is 8.40. The Morgan fingerprint density at radius 3 is 2.79 bits per heavy atom. The van der Waals surface area contributed by atoms with Gasteiger partial charge in [-0.2, -0.15) is 4.98 Å². The highest BCUT2D eigenvalue weighted by atomic mass is 32.2. The topological polar surface area (TPSA) is 72.2 Å². The van der Waals surface area contributed by atoms with E-state index in [1.165, 1.54) is 47.7 Å². The maximum absolute atomic E-state index is 12.4. The lowest BCUT2D eigenvalue weighted by molar-refractivity contribution is -0.119. The zero-order chi connectivity index (χ0) is 19.7. The van der Waals surface area contributed by atoms with Crippen molar-refractivity contribution in [2.24, 2.45) is 0 Å². The van der Waals surface area contributed by atoms with E-state index in [-0.39, 0.29) is 17.7 Å². The number of carbonyl (C=O) groups is 1. The fourth-order valence-electron chi connectivity index (χ4n) is 3.73. The summed E-state index contributed by atoms with van der Waals surface area (Å²) in [5, 5.41) is 8.09. The number of hydrogen-bond acceptors (Lipinski definition) is 5. The van der Waals surface area contributed by atoms with E-state index < -0.39 is 0 Å². The molecule has 0 spiro atoms. The van der Waals surface area contributed by atoms with Crippen LogP contribution in [0.4, 0.5) is 0 Å². The van der Waals surface area contributed by atoms with Crippen molar-refractivity contribution in [2.75, 3.05) is 5.75 Å². The lowest BCUT2D eigenvalue weighted by Crippen LogP contribution is -2.28. The summed E-state index contributed by atoms with van der Waals surface area (Å²) in [5.41, 5.74) is 5.95. The van der Waals surface area contributed by atoms with E-state index >= 15 is 0 Å². The molecule has 0 saturated carbocycles. The minimum atomic E-state index is -0.0186. The van der Waals surface area contributed by atoms with Crippen LogP contribution in [0.2, 0.25) is 0 Å². The summed E-state index contributed by atoms with van der Waals surface area (Å²) in [6.07, 6.45) is 4.86. The van der Waals surface area contributed by atoms with Crippen LogP contribution in [0.3, 0.4) is 0 Å². The van der Waals surface area contributed by atoms with E-state index in [2.05, 4.69) is 38.6 Å². The van der Waals surface area contributed by atoms with E-state index in [1.54, 1.807) is 4.52 Å². The molecule has 0 fully saturated rings. The summed E-state index contributed by atoms with van der Waals surface area (Å²) in [5.74, 6) is 0.835. The van der Waals surface area contributed by atoms with Gasteiger partial charge in [0.2, 0.25) is 11.1 Å². The predicted octanol–water partition coefficient (Wildman–Crippen LogP) is 3.59.